The summed E-state index contributed by atoms with van der Waals surface area (Å²) >= 11 is 0. The molecule has 1 aliphatic heterocycles. The number of nitrogens with zero attached hydrogens (tertiary/aromatic N) is 2. The van der Waals surface area contributed by atoms with Crippen LogP contribution < -0.4 is 14.9 Å². The van der Waals surface area contributed by atoms with Gasteiger partial charge in [-0.3, -0.25) is 10.2 Å². The van der Waals surface area contributed by atoms with E-state index in [1.54, 1.807) is 32.4 Å². The van der Waals surface area contributed by atoms with Crippen LogP contribution in [0.2, 0.25) is 0 Å². The van der Waals surface area contributed by atoms with Crippen molar-refractivity contribution in [2.45, 2.75) is 0 Å². The first-order valence-electron chi connectivity index (χ1n) is 6.60. The monoisotopic (exact) mass is 279 g/mol. The zero-order valence-electron chi connectivity index (χ0n) is 12.2. The SMILES string of the molecule is COc1ccc(C(=O)NN2CCN(C)CC2)c(OC)c1. The lowest BCUT2D eigenvalue weighted by atomic mass is 10.2. The van der Waals surface area contributed by atoms with E-state index >= 15 is 0 Å². The van der Waals surface area contributed by atoms with Crippen LogP contribution in [0, 0.1) is 0 Å². The van der Waals surface area contributed by atoms with E-state index in [0.29, 0.717) is 17.1 Å². The Morgan fingerprint density at radius 1 is 1.15 bits per heavy atom. The van der Waals surface area contributed by atoms with Gasteiger partial charge in [-0.2, -0.15) is 0 Å². The third-order valence-electron chi connectivity index (χ3n) is 3.42. The minimum atomic E-state index is -0.158. The maximum Gasteiger partial charge on any atom is 0.269 e. The maximum absolute atomic E-state index is 12.3. The molecule has 1 aromatic rings. The van der Waals surface area contributed by atoms with E-state index in [1.165, 1.54) is 0 Å². The second kappa shape index (κ2) is 6.58. The fourth-order valence-electron chi connectivity index (χ4n) is 2.11. The lowest BCUT2D eigenvalue weighted by Crippen LogP contribution is -2.52. The summed E-state index contributed by atoms with van der Waals surface area (Å²) in [5.74, 6) is 1.02. The number of methoxy groups -OCH3 is 2. The van der Waals surface area contributed by atoms with E-state index in [-0.39, 0.29) is 5.91 Å². The first-order valence-corrected chi connectivity index (χ1v) is 6.60. The van der Waals surface area contributed by atoms with E-state index < -0.39 is 0 Å². The van der Waals surface area contributed by atoms with Crippen LogP contribution in [0.5, 0.6) is 11.5 Å². The molecule has 0 spiro atoms. The van der Waals surface area contributed by atoms with Crippen LogP contribution in [0.4, 0.5) is 0 Å². The Morgan fingerprint density at radius 3 is 2.45 bits per heavy atom. The molecule has 1 saturated heterocycles. The smallest absolute Gasteiger partial charge is 0.269 e. The van der Waals surface area contributed by atoms with Crippen molar-refractivity contribution in [2.75, 3.05) is 47.4 Å². The Hall–Kier alpha value is -1.79. The number of rotatable bonds is 4. The molecule has 0 radical (unpaired) electrons. The zero-order chi connectivity index (χ0) is 14.5. The number of hydrazine groups is 1. The summed E-state index contributed by atoms with van der Waals surface area (Å²) in [6, 6.07) is 5.17. The van der Waals surface area contributed by atoms with Crippen molar-refractivity contribution >= 4 is 5.91 Å². The summed E-state index contributed by atoms with van der Waals surface area (Å²) in [5, 5.41) is 1.94. The average Bonchev–Trinajstić information content (AvgIpc) is 2.48. The van der Waals surface area contributed by atoms with Gasteiger partial charge in [-0.05, 0) is 19.2 Å². The Kier molecular flexibility index (Phi) is 4.81. The number of likely N-dealkylation sites (N-methyl/N-ethyl adjacent to an activating group) is 1. The van der Waals surface area contributed by atoms with Crippen molar-refractivity contribution in [1.29, 1.82) is 0 Å². The molecule has 1 heterocycles. The third kappa shape index (κ3) is 3.40. The van der Waals surface area contributed by atoms with E-state index in [1.807, 2.05) is 5.01 Å². The zero-order valence-corrected chi connectivity index (χ0v) is 12.2. The molecule has 0 atom stereocenters. The van der Waals surface area contributed by atoms with Gasteiger partial charge in [0.25, 0.3) is 5.91 Å². The van der Waals surface area contributed by atoms with E-state index in [9.17, 15) is 4.79 Å². The molecule has 1 aliphatic rings. The Labute approximate surface area is 119 Å². The summed E-state index contributed by atoms with van der Waals surface area (Å²) < 4.78 is 10.4. The Bertz CT molecular complexity index is 471. The molecule has 1 amide bonds. The highest BCUT2D eigenvalue weighted by atomic mass is 16.5. The minimum absolute atomic E-state index is 0.158. The van der Waals surface area contributed by atoms with E-state index in [4.69, 9.17) is 9.47 Å². The molecule has 20 heavy (non-hydrogen) atoms. The second-order valence-corrected chi connectivity index (χ2v) is 4.80. The largest absolute Gasteiger partial charge is 0.497 e. The molecule has 1 N–H and O–H groups in total. The predicted molar refractivity (Wildman–Crippen MR) is 76.1 cm³/mol. The highest BCUT2D eigenvalue weighted by Gasteiger charge is 2.19. The van der Waals surface area contributed by atoms with Crippen molar-refractivity contribution < 1.29 is 14.3 Å². The van der Waals surface area contributed by atoms with E-state index in [0.717, 1.165) is 26.2 Å². The lowest BCUT2D eigenvalue weighted by molar-refractivity contribution is 0.0660. The summed E-state index contributed by atoms with van der Waals surface area (Å²) in [4.78, 5) is 14.5. The first-order chi connectivity index (χ1) is 9.63. The van der Waals surface area contributed by atoms with Gasteiger partial charge < -0.3 is 14.4 Å². The van der Waals surface area contributed by atoms with Crippen LogP contribution in [0.1, 0.15) is 10.4 Å². The number of carbonyl (C=O) groups excluding carboxylic acids is 1. The third-order valence-corrected chi connectivity index (χ3v) is 3.42. The molecule has 2 rings (SSSR count). The van der Waals surface area contributed by atoms with Gasteiger partial charge in [-0.1, -0.05) is 0 Å². The van der Waals surface area contributed by atoms with Gasteiger partial charge in [-0.15, -0.1) is 0 Å². The van der Waals surface area contributed by atoms with Gasteiger partial charge in [0.05, 0.1) is 19.8 Å². The summed E-state index contributed by atoms with van der Waals surface area (Å²) in [6.45, 7) is 3.53. The number of hydrogen-bond donors (Lipinski definition) is 1. The minimum Gasteiger partial charge on any atom is -0.497 e. The van der Waals surface area contributed by atoms with Gasteiger partial charge in [0.15, 0.2) is 0 Å². The van der Waals surface area contributed by atoms with Crippen LogP contribution in [-0.4, -0.2) is 63.3 Å². The van der Waals surface area contributed by atoms with Crippen molar-refractivity contribution in [3.05, 3.63) is 23.8 Å². The number of benzene rings is 1. The van der Waals surface area contributed by atoms with E-state index in [2.05, 4.69) is 17.4 Å². The molecule has 0 aromatic heterocycles. The fraction of sp³-hybridized carbons (Fsp3) is 0.500. The topological polar surface area (TPSA) is 54.0 Å². The number of ether oxygens (including phenoxy) is 2. The molecule has 1 aromatic carbocycles. The number of hydrogen-bond acceptors (Lipinski definition) is 5. The fourth-order valence-corrected chi connectivity index (χ4v) is 2.11. The van der Waals surface area contributed by atoms with Gasteiger partial charge in [0.2, 0.25) is 0 Å². The van der Waals surface area contributed by atoms with Crippen molar-refractivity contribution in [3.8, 4) is 11.5 Å². The first kappa shape index (κ1) is 14.6. The standard InChI is InChI=1S/C14H21N3O3/c1-16-6-8-17(9-7-16)15-14(18)12-5-4-11(19-2)10-13(12)20-3/h4-5,10H,6-9H2,1-3H3,(H,15,18). The molecular weight excluding hydrogens is 258 g/mol. The quantitative estimate of drug-likeness (QED) is 0.874. The number of carbonyl (C=O) groups is 1. The van der Waals surface area contributed by atoms with Crippen LogP contribution in [0.25, 0.3) is 0 Å². The van der Waals surface area contributed by atoms with Gasteiger partial charge >= 0.3 is 0 Å². The van der Waals surface area contributed by atoms with Crippen LogP contribution in [0.15, 0.2) is 18.2 Å². The summed E-state index contributed by atoms with van der Waals surface area (Å²) in [6.07, 6.45) is 0. The normalized spacial score (nSPS) is 16.8. The molecule has 0 aliphatic carbocycles. The van der Waals surface area contributed by atoms with Gasteiger partial charge in [0, 0.05) is 32.2 Å². The lowest BCUT2D eigenvalue weighted by Gasteiger charge is -2.32. The van der Waals surface area contributed by atoms with Crippen LogP contribution >= 0.6 is 0 Å². The molecule has 6 nitrogen and oxygen atoms in total. The summed E-state index contributed by atoms with van der Waals surface area (Å²) in [5.41, 5.74) is 3.42. The molecule has 1 fully saturated rings. The molecular formula is C14H21N3O3. The molecule has 110 valence electrons. The number of piperazine rings is 1. The maximum atomic E-state index is 12.3. The number of amides is 1. The molecule has 0 unspecified atom stereocenters. The van der Waals surface area contributed by atoms with Crippen molar-refractivity contribution in [1.82, 2.24) is 15.3 Å². The van der Waals surface area contributed by atoms with Crippen LogP contribution in [0.3, 0.4) is 0 Å². The van der Waals surface area contributed by atoms with Gasteiger partial charge in [-0.25, -0.2) is 5.01 Å². The molecule has 6 heteroatoms. The molecule has 0 bridgehead atoms. The second-order valence-electron chi connectivity index (χ2n) is 4.80. The van der Waals surface area contributed by atoms with Crippen molar-refractivity contribution in [2.24, 2.45) is 0 Å². The Balaban J connectivity index is 2.05. The molecule has 0 saturated carbocycles. The predicted octanol–water partition coefficient (Wildman–Crippen LogP) is 0.596. The summed E-state index contributed by atoms with van der Waals surface area (Å²) in [7, 11) is 5.20. The highest BCUT2D eigenvalue weighted by Crippen LogP contribution is 2.24. The van der Waals surface area contributed by atoms with Gasteiger partial charge in [0.1, 0.15) is 11.5 Å². The number of nitrogens with one attached hydrogen (secondary N) is 1. The van der Waals surface area contributed by atoms with Crippen molar-refractivity contribution in [3.63, 3.8) is 0 Å². The average molecular weight is 279 g/mol. The highest BCUT2D eigenvalue weighted by molar-refractivity contribution is 5.96. The van der Waals surface area contributed by atoms with Crippen LogP contribution in [-0.2, 0) is 0 Å². The Morgan fingerprint density at radius 2 is 1.85 bits per heavy atom.